The van der Waals surface area contributed by atoms with Crippen LogP contribution in [0.2, 0.25) is 0 Å². The Balaban J connectivity index is 2.26. The van der Waals surface area contributed by atoms with Crippen molar-refractivity contribution in [2.24, 2.45) is 0 Å². The summed E-state index contributed by atoms with van der Waals surface area (Å²) in [5, 5.41) is 9.60. The molecule has 2 aromatic carbocycles. The van der Waals surface area contributed by atoms with Gasteiger partial charge in [-0.25, -0.2) is 4.39 Å². The summed E-state index contributed by atoms with van der Waals surface area (Å²) >= 11 is 3.44. The lowest BCUT2D eigenvalue weighted by Gasteiger charge is -2.17. The average Bonchev–Trinajstić information content (AvgIpc) is 2.46. The lowest BCUT2D eigenvalue weighted by atomic mass is 9.92. The molecular weight excluding hydrogens is 323 g/mol. The van der Waals surface area contributed by atoms with Gasteiger partial charge in [0.05, 0.1) is 13.7 Å². The average molecular weight is 339 g/mol. The van der Waals surface area contributed by atoms with E-state index < -0.39 is 0 Å². The molecule has 106 valence electrons. The van der Waals surface area contributed by atoms with Crippen LogP contribution in [0, 0.1) is 5.82 Å². The maximum Gasteiger partial charge on any atom is 0.123 e. The van der Waals surface area contributed by atoms with E-state index in [-0.39, 0.29) is 18.3 Å². The number of benzene rings is 2. The van der Waals surface area contributed by atoms with Gasteiger partial charge in [-0.15, -0.1) is 0 Å². The van der Waals surface area contributed by atoms with Gasteiger partial charge in [-0.1, -0.05) is 28.1 Å². The van der Waals surface area contributed by atoms with Gasteiger partial charge < -0.3 is 9.84 Å². The van der Waals surface area contributed by atoms with Crippen molar-refractivity contribution in [3.63, 3.8) is 0 Å². The van der Waals surface area contributed by atoms with Gasteiger partial charge in [0.1, 0.15) is 11.6 Å². The Morgan fingerprint density at radius 2 is 1.90 bits per heavy atom. The summed E-state index contributed by atoms with van der Waals surface area (Å²) in [7, 11) is 1.62. The molecule has 2 nitrogen and oxygen atoms in total. The minimum absolute atomic E-state index is 0.00129. The number of methoxy groups -OCH3 is 1. The molecule has 1 N–H and O–H groups in total. The molecule has 20 heavy (non-hydrogen) atoms. The van der Waals surface area contributed by atoms with E-state index in [4.69, 9.17) is 4.74 Å². The van der Waals surface area contributed by atoms with Gasteiger partial charge in [0.15, 0.2) is 0 Å². The highest BCUT2D eigenvalue weighted by Gasteiger charge is 2.14. The second-order valence-electron chi connectivity index (χ2n) is 4.59. The first-order valence-electron chi connectivity index (χ1n) is 6.32. The van der Waals surface area contributed by atoms with Crippen LogP contribution < -0.4 is 4.74 Å². The third kappa shape index (κ3) is 3.58. The van der Waals surface area contributed by atoms with E-state index in [9.17, 15) is 9.50 Å². The monoisotopic (exact) mass is 338 g/mol. The number of ether oxygens (including phenoxy) is 1. The minimum atomic E-state index is -0.273. The highest BCUT2D eigenvalue weighted by Crippen LogP contribution is 2.29. The molecule has 0 heterocycles. The Labute approximate surface area is 126 Å². The van der Waals surface area contributed by atoms with Crippen molar-refractivity contribution in [3.8, 4) is 5.75 Å². The van der Waals surface area contributed by atoms with Crippen LogP contribution in [-0.4, -0.2) is 18.8 Å². The van der Waals surface area contributed by atoms with Crippen molar-refractivity contribution in [1.29, 1.82) is 0 Å². The molecule has 0 saturated carbocycles. The third-order valence-corrected chi connectivity index (χ3v) is 3.76. The molecule has 0 spiro atoms. The van der Waals surface area contributed by atoms with Crippen LogP contribution in [0.1, 0.15) is 17.0 Å². The number of rotatable bonds is 5. The number of hydrogen-bond acceptors (Lipinski definition) is 2. The zero-order chi connectivity index (χ0) is 14.5. The Morgan fingerprint density at radius 1 is 1.20 bits per heavy atom. The van der Waals surface area contributed by atoms with Gasteiger partial charge in [-0.2, -0.15) is 0 Å². The molecule has 0 amide bonds. The topological polar surface area (TPSA) is 29.5 Å². The van der Waals surface area contributed by atoms with Gasteiger partial charge in [0.2, 0.25) is 0 Å². The smallest absolute Gasteiger partial charge is 0.123 e. The first kappa shape index (κ1) is 15.0. The summed E-state index contributed by atoms with van der Waals surface area (Å²) in [6.07, 6.45) is 0.630. The minimum Gasteiger partial charge on any atom is -0.496 e. The molecule has 0 aliphatic carbocycles. The molecule has 2 rings (SSSR count). The van der Waals surface area contributed by atoms with Crippen LogP contribution in [0.25, 0.3) is 0 Å². The van der Waals surface area contributed by atoms with Crippen LogP contribution in [0.4, 0.5) is 4.39 Å². The molecule has 2 aromatic rings. The lowest BCUT2D eigenvalue weighted by Crippen LogP contribution is -2.09. The second kappa shape index (κ2) is 6.86. The predicted octanol–water partition coefficient (Wildman–Crippen LogP) is 3.92. The Hall–Kier alpha value is -1.39. The molecule has 0 fully saturated rings. The van der Waals surface area contributed by atoms with E-state index in [0.717, 1.165) is 21.3 Å². The Morgan fingerprint density at radius 3 is 2.50 bits per heavy atom. The summed E-state index contributed by atoms with van der Waals surface area (Å²) in [5.41, 5.74) is 1.92. The van der Waals surface area contributed by atoms with E-state index >= 15 is 0 Å². The van der Waals surface area contributed by atoms with Crippen molar-refractivity contribution in [3.05, 3.63) is 63.9 Å². The van der Waals surface area contributed by atoms with Gasteiger partial charge in [-0.05, 0) is 47.9 Å². The first-order chi connectivity index (χ1) is 9.63. The van der Waals surface area contributed by atoms with E-state index in [2.05, 4.69) is 15.9 Å². The van der Waals surface area contributed by atoms with Crippen LogP contribution >= 0.6 is 15.9 Å². The SMILES string of the molecule is COc1ccc(Br)cc1CC(CO)c1ccc(F)cc1. The fraction of sp³-hybridized carbons (Fsp3) is 0.250. The molecule has 0 aromatic heterocycles. The second-order valence-corrected chi connectivity index (χ2v) is 5.51. The van der Waals surface area contributed by atoms with Crippen molar-refractivity contribution in [2.75, 3.05) is 13.7 Å². The maximum atomic E-state index is 13.0. The van der Waals surface area contributed by atoms with Gasteiger partial charge >= 0.3 is 0 Å². The van der Waals surface area contributed by atoms with Crippen molar-refractivity contribution >= 4 is 15.9 Å². The highest BCUT2D eigenvalue weighted by molar-refractivity contribution is 9.10. The van der Waals surface area contributed by atoms with Crippen LogP contribution in [0.15, 0.2) is 46.9 Å². The molecule has 0 bridgehead atoms. The molecule has 0 aliphatic rings. The fourth-order valence-corrected chi connectivity index (χ4v) is 2.60. The maximum absolute atomic E-state index is 13.0. The van der Waals surface area contributed by atoms with E-state index in [1.54, 1.807) is 19.2 Å². The fourth-order valence-electron chi connectivity index (χ4n) is 2.19. The Bertz CT molecular complexity index is 569. The van der Waals surface area contributed by atoms with Crippen LogP contribution in [-0.2, 0) is 6.42 Å². The standard InChI is InChI=1S/C16H16BrFO2/c1-20-16-7-4-14(17)9-12(16)8-13(10-19)11-2-5-15(18)6-3-11/h2-7,9,13,19H,8,10H2,1H3. The van der Waals surface area contributed by atoms with Crippen LogP contribution in [0.3, 0.4) is 0 Å². The number of halogens is 2. The summed E-state index contributed by atoms with van der Waals surface area (Å²) < 4.78 is 19.3. The molecule has 1 atom stereocenters. The summed E-state index contributed by atoms with van der Waals surface area (Å²) in [6, 6.07) is 12.0. The largest absolute Gasteiger partial charge is 0.496 e. The van der Waals surface area contributed by atoms with Gasteiger partial charge in [-0.3, -0.25) is 0 Å². The van der Waals surface area contributed by atoms with Crippen molar-refractivity contribution < 1.29 is 14.2 Å². The molecule has 4 heteroatoms. The molecule has 0 radical (unpaired) electrons. The third-order valence-electron chi connectivity index (χ3n) is 3.27. The molecular formula is C16H16BrFO2. The first-order valence-corrected chi connectivity index (χ1v) is 7.12. The van der Waals surface area contributed by atoms with Gasteiger partial charge in [0, 0.05) is 10.4 Å². The molecule has 0 saturated heterocycles. The summed E-state index contributed by atoms with van der Waals surface area (Å²) in [6.45, 7) is 0.00129. The van der Waals surface area contributed by atoms with Crippen molar-refractivity contribution in [1.82, 2.24) is 0 Å². The number of aliphatic hydroxyl groups is 1. The molecule has 1 unspecified atom stereocenters. The van der Waals surface area contributed by atoms with Gasteiger partial charge in [0.25, 0.3) is 0 Å². The normalized spacial score (nSPS) is 12.2. The quantitative estimate of drug-likeness (QED) is 0.895. The summed E-state index contributed by atoms with van der Waals surface area (Å²) in [5.74, 6) is 0.429. The Kier molecular flexibility index (Phi) is 5.15. The van der Waals surface area contributed by atoms with E-state index in [1.165, 1.54) is 12.1 Å². The van der Waals surface area contributed by atoms with E-state index in [1.807, 2.05) is 18.2 Å². The number of hydrogen-bond donors (Lipinski definition) is 1. The predicted molar refractivity (Wildman–Crippen MR) is 80.6 cm³/mol. The van der Waals surface area contributed by atoms with Crippen molar-refractivity contribution in [2.45, 2.75) is 12.3 Å². The van der Waals surface area contributed by atoms with Crippen LogP contribution in [0.5, 0.6) is 5.75 Å². The summed E-state index contributed by atoms with van der Waals surface area (Å²) in [4.78, 5) is 0. The lowest BCUT2D eigenvalue weighted by molar-refractivity contribution is 0.263. The zero-order valence-electron chi connectivity index (χ0n) is 11.1. The zero-order valence-corrected chi connectivity index (χ0v) is 12.7. The number of aliphatic hydroxyl groups excluding tert-OH is 1. The van der Waals surface area contributed by atoms with E-state index in [0.29, 0.717) is 6.42 Å². The molecule has 0 aliphatic heterocycles. The highest BCUT2D eigenvalue weighted by atomic mass is 79.9.